The Hall–Kier alpha value is -3.43. The van der Waals surface area contributed by atoms with Crippen LogP contribution in [-0.2, 0) is 20.7 Å². The molecule has 2 aromatic carbocycles. The molecule has 2 aliphatic rings. The van der Waals surface area contributed by atoms with Crippen LogP contribution in [0.25, 0.3) is 0 Å². The highest BCUT2D eigenvalue weighted by Crippen LogP contribution is 2.42. The van der Waals surface area contributed by atoms with Crippen molar-refractivity contribution in [3.05, 3.63) is 65.2 Å². The number of aliphatic hydroxyl groups excluding tert-OH is 1. The predicted molar refractivity (Wildman–Crippen MR) is 127 cm³/mol. The summed E-state index contributed by atoms with van der Waals surface area (Å²) in [7, 11) is 0. The number of amides is 3. The first-order valence-electron chi connectivity index (χ1n) is 11.8. The molecule has 9 heteroatoms. The van der Waals surface area contributed by atoms with Crippen LogP contribution >= 0.6 is 0 Å². The number of rotatable bonds is 8. The van der Waals surface area contributed by atoms with Gasteiger partial charge in [0.25, 0.3) is 17.7 Å². The number of carbonyl (C=O) groups is 3. The van der Waals surface area contributed by atoms with Crippen molar-refractivity contribution >= 4 is 17.7 Å². The number of phenolic OH excluding ortho intramolecular Hbond substituents is 1. The normalized spacial score (nSPS) is 22.9. The number of hydrogen-bond acceptors (Lipinski definition) is 6. The van der Waals surface area contributed by atoms with Crippen LogP contribution in [0.2, 0.25) is 0 Å². The fourth-order valence-electron chi connectivity index (χ4n) is 4.84. The number of phenols is 1. The monoisotopic (exact) mass is 481 g/mol. The number of likely N-dealkylation sites (tertiary alicyclic amines) is 1. The number of aliphatic hydroxyl groups is 1. The van der Waals surface area contributed by atoms with Gasteiger partial charge in [0.1, 0.15) is 12.5 Å². The van der Waals surface area contributed by atoms with Crippen LogP contribution in [0, 0.1) is 6.92 Å². The number of β-lactam (4-membered cyclic amide) rings is 1. The molecule has 0 radical (unpaired) electrons. The van der Waals surface area contributed by atoms with E-state index in [0.717, 1.165) is 12.0 Å². The molecule has 35 heavy (non-hydrogen) atoms. The van der Waals surface area contributed by atoms with Gasteiger partial charge in [-0.1, -0.05) is 43.3 Å². The van der Waals surface area contributed by atoms with Gasteiger partial charge in [0.15, 0.2) is 17.9 Å². The Morgan fingerprint density at radius 1 is 1.20 bits per heavy atom. The predicted octanol–water partition coefficient (Wildman–Crippen LogP) is 1.56. The largest absolute Gasteiger partial charge is 0.508 e. The number of carbonyl (C=O) groups excluding carboxylic acids is 3. The van der Waals surface area contributed by atoms with E-state index in [1.807, 2.05) is 37.3 Å². The van der Waals surface area contributed by atoms with Crippen LogP contribution in [0.3, 0.4) is 0 Å². The Balaban J connectivity index is 1.56. The lowest BCUT2D eigenvalue weighted by Crippen LogP contribution is -2.75. The highest BCUT2D eigenvalue weighted by molar-refractivity contribution is 5.98. The molecule has 2 fully saturated rings. The molecule has 186 valence electrons. The summed E-state index contributed by atoms with van der Waals surface area (Å²) in [4.78, 5) is 42.1. The van der Waals surface area contributed by atoms with Crippen molar-refractivity contribution in [2.24, 2.45) is 0 Å². The van der Waals surface area contributed by atoms with Gasteiger partial charge in [-0.15, -0.1) is 0 Å². The van der Waals surface area contributed by atoms with Crippen LogP contribution in [-0.4, -0.2) is 74.9 Å². The summed E-state index contributed by atoms with van der Waals surface area (Å²) in [6.07, 6.45) is -0.673. The zero-order chi connectivity index (χ0) is 25.3. The van der Waals surface area contributed by atoms with Gasteiger partial charge in [-0.3, -0.25) is 19.3 Å². The van der Waals surface area contributed by atoms with E-state index < -0.39 is 35.7 Å². The summed E-state index contributed by atoms with van der Waals surface area (Å²) in [5.41, 5.74) is 0.529. The maximum Gasteiger partial charge on any atom is 0.256 e. The Bertz CT molecular complexity index is 1120. The van der Waals surface area contributed by atoms with E-state index in [2.05, 4.69) is 5.32 Å². The topological polar surface area (TPSA) is 119 Å². The van der Waals surface area contributed by atoms with E-state index in [0.29, 0.717) is 12.1 Å². The molecule has 2 unspecified atom stereocenters. The average molecular weight is 482 g/mol. The summed E-state index contributed by atoms with van der Waals surface area (Å²) in [5, 5.41) is 23.9. The maximum atomic E-state index is 13.4. The summed E-state index contributed by atoms with van der Waals surface area (Å²) >= 11 is 0. The lowest BCUT2D eigenvalue weighted by atomic mass is 9.90. The molecule has 0 spiro atoms. The first-order chi connectivity index (χ1) is 16.7. The van der Waals surface area contributed by atoms with Crippen LogP contribution < -0.4 is 5.32 Å². The second-order valence-electron chi connectivity index (χ2n) is 9.19. The van der Waals surface area contributed by atoms with Gasteiger partial charge in [-0.25, -0.2) is 0 Å². The van der Waals surface area contributed by atoms with Gasteiger partial charge in [-0.2, -0.15) is 0 Å². The minimum absolute atomic E-state index is 0.0254. The standard InChI is InChI=1S/C26H31N3O6/c1-4-13-29-25(34)22-26(29,3)35-15-28(22)24(33)21(31)19(14-17-9-6-5-7-10-17)27-23(32)18-11-8-12-20(30)16(18)2/h5-12,19,21-22,30-31H,4,13-15H2,1-3H3,(H,27,32)/t19?,21-,22+,26?/m0/s1. The molecule has 3 N–H and O–H groups in total. The molecule has 2 aromatic rings. The summed E-state index contributed by atoms with van der Waals surface area (Å²) < 4.78 is 5.82. The van der Waals surface area contributed by atoms with Crippen molar-refractivity contribution in [3.63, 3.8) is 0 Å². The second kappa shape index (κ2) is 9.67. The number of nitrogens with one attached hydrogen (secondary N) is 1. The average Bonchev–Trinajstić information content (AvgIpc) is 3.17. The van der Waals surface area contributed by atoms with E-state index in [9.17, 15) is 24.6 Å². The van der Waals surface area contributed by atoms with Crippen molar-refractivity contribution in [1.29, 1.82) is 0 Å². The van der Waals surface area contributed by atoms with E-state index in [-0.39, 0.29) is 30.4 Å². The SMILES string of the molecule is CCCN1C(=O)[C@H]2N(C(=O)[C@@H](O)C(Cc3ccccc3)NC(=O)c3cccc(O)c3C)COC21C. The minimum atomic E-state index is -1.62. The Labute approximate surface area is 204 Å². The number of nitrogens with zero attached hydrogens (tertiary/aromatic N) is 2. The number of ether oxygens (including phenoxy) is 1. The number of aromatic hydroxyl groups is 1. The quantitative estimate of drug-likeness (QED) is 0.493. The van der Waals surface area contributed by atoms with Crippen molar-refractivity contribution in [3.8, 4) is 5.75 Å². The lowest BCUT2D eigenvalue weighted by Gasteiger charge is -2.51. The zero-order valence-electron chi connectivity index (χ0n) is 20.1. The van der Waals surface area contributed by atoms with Gasteiger partial charge in [0, 0.05) is 17.7 Å². The first kappa shape index (κ1) is 24.7. The molecule has 4 rings (SSSR count). The summed E-state index contributed by atoms with van der Waals surface area (Å²) in [5.74, 6) is -1.45. The molecule has 2 saturated heterocycles. The van der Waals surface area contributed by atoms with Crippen LogP contribution in [0.15, 0.2) is 48.5 Å². The smallest absolute Gasteiger partial charge is 0.256 e. The highest BCUT2D eigenvalue weighted by Gasteiger charge is 2.66. The molecule has 0 saturated carbocycles. The molecule has 4 atom stereocenters. The third kappa shape index (κ3) is 4.37. The van der Waals surface area contributed by atoms with Crippen LogP contribution in [0.1, 0.15) is 41.8 Å². The molecule has 0 aliphatic carbocycles. The lowest BCUT2D eigenvalue weighted by molar-refractivity contribution is -0.199. The van der Waals surface area contributed by atoms with Crippen molar-refractivity contribution < 1.29 is 29.3 Å². The molecular weight excluding hydrogens is 450 g/mol. The van der Waals surface area contributed by atoms with Gasteiger partial charge < -0.3 is 25.2 Å². The molecule has 9 nitrogen and oxygen atoms in total. The summed E-state index contributed by atoms with van der Waals surface area (Å²) in [6.45, 7) is 5.73. The van der Waals surface area contributed by atoms with Gasteiger partial charge in [0.05, 0.1) is 6.04 Å². The Morgan fingerprint density at radius 3 is 2.60 bits per heavy atom. The molecule has 0 bridgehead atoms. The zero-order valence-corrected chi connectivity index (χ0v) is 20.1. The number of fused-ring (bicyclic) bond motifs is 1. The minimum Gasteiger partial charge on any atom is -0.508 e. The fourth-order valence-corrected chi connectivity index (χ4v) is 4.84. The van der Waals surface area contributed by atoms with Crippen LogP contribution in [0.4, 0.5) is 0 Å². The van der Waals surface area contributed by atoms with Gasteiger partial charge >= 0.3 is 0 Å². The van der Waals surface area contributed by atoms with Crippen molar-refractivity contribution in [2.45, 2.75) is 57.5 Å². The highest BCUT2D eigenvalue weighted by atomic mass is 16.6. The number of hydrogen-bond donors (Lipinski definition) is 3. The fraction of sp³-hybridized carbons (Fsp3) is 0.423. The first-order valence-corrected chi connectivity index (χ1v) is 11.8. The maximum absolute atomic E-state index is 13.4. The van der Waals surface area contributed by atoms with E-state index in [1.165, 1.54) is 11.0 Å². The van der Waals surface area contributed by atoms with E-state index in [1.54, 1.807) is 30.9 Å². The van der Waals surface area contributed by atoms with Gasteiger partial charge in [0.2, 0.25) is 0 Å². The Kier molecular flexibility index (Phi) is 6.82. The van der Waals surface area contributed by atoms with E-state index in [4.69, 9.17) is 4.74 Å². The second-order valence-corrected chi connectivity index (χ2v) is 9.19. The van der Waals surface area contributed by atoms with Crippen LogP contribution in [0.5, 0.6) is 5.75 Å². The third-order valence-electron chi connectivity index (χ3n) is 6.88. The van der Waals surface area contributed by atoms with Gasteiger partial charge in [-0.05, 0) is 44.4 Å². The third-order valence-corrected chi connectivity index (χ3v) is 6.88. The van der Waals surface area contributed by atoms with E-state index >= 15 is 0 Å². The number of benzene rings is 2. The molecule has 2 aliphatic heterocycles. The summed E-state index contributed by atoms with van der Waals surface area (Å²) in [6, 6.07) is 12.0. The molecular formula is C26H31N3O6. The Morgan fingerprint density at radius 2 is 1.91 bits per heavy atom. The molecule has 3 amide bonds. The van der Waals surface area contributed by atoms with Crippen molar-refractivity contribution in [2.75, 3.05) is 13.3 Å². The molecule has 0 aromatic heterocycles. The molecule has 2 heterocycles. The van der Waals surface area contributed by atoms with Crippen molar-refractivity contribution in [1.82, 2.24) is 15.1 Å².